The number of carbonyl (C=O) groups excluding carboxylic acids is 1. The molecule has 3 heterocycles. The zero-order chi connectivity index (χ0) is 22.0. The third-order valence-electron chi connectivity index (χ3n) is 4.86. The molecule has 3 aromatic rings. The van der Waals surface area contributed by atoms with Crippen LogP contribution in [0.4, 0.5) is 17.2 Å². The number of carbonyl (C=O) groups is 1. The van der Waals surface area contributed by atoms with Crippen LogP contribution in [-0.2, 0) is 0 Å². The molecule has 1 aliphatic rings. The molecule has 2 aromatic heterocycles. The van der Waals surface area contributed by atoms with E-state index in [0.29, 0.717) is 48.3 Å². The van der Waals surface area contributed by atoms with Gasteiger partial charge in [-0.2, -0.15) is 0 Å². The van der Waals surface area contributed by atoms with E-state index in [1.165, 1.54) is 35.7 Å². The minimum Gasteiger partial charge on any atom is -0.353 e. The van der Waals surface area contributed by atoms with Gasteiger partial charge in [-0.3, -0.25) is 25.0 Å². The molecule has 0 bridgehead atoms. The summed E-state index contributed by atoms with van der Waals surface area (Å²) in [5, 5.41) is 23.9. The number of nitro groups is 2. The van der Waals surface area contributed by atoms with Crippen LogP contribution in [-0.4, -0.2) is 56.8 Å². The van der Waals surface area contributed by atoms with Crippen molar-refractivity contribution in [2.75, 3.05) is 31.1 Å². The molecule has 11 nitrogen and oxygen atoms in total. The van der Waals surface area contributed by atoms with Crippen molar-refractivity contribution in [2.24, 2.45) is 0 Å². The fourth-order valence-corrected chi connectivity index (χ4v) is 4.02. The molecule has 158 valence electrons. The van der Waals surface area contributed by atoms with Gasteiger partial charge in [-0.25, -0.2) is 9.97 Å². The maximum absolute atomic E-state index is 12.8. The van der Waals surface area contributed by atoms with E-state index in [-0.39, 0.29) is 17.3 Å². The number of thiazole rings is 1. The monoisotopic (exact) mass is 440 g/mol. The molecule has 1 aromatic carbocycles. The number of nitrogens with zero attached hydrogens (tertiary/aromatic N) is 6. The number of anilines is 1. The second-order valence-corrected chi connectivity index (χ2v) is 7.61. The van der Waals surface area contributed by atoms with Crippen LogP contribution in [0.5, 0.6) is 0 Å². The lowest BCUT2D eigenvalue weighted by atomic mass is 10.2. The Hall–Kier alpha value is -3.93. The summed E-state index contributed by atoms with van der Waals surface area (Å²) in [6.07, 6.45) is 1.22. The van der Waals surface area contributed by atoms with Crippen LogP contribution in [0.1, 0.15) is 10.5 Å². The van der Waals surface area contributed by atoms with Crippen LogP contribution in [0.2, 0.25) is 0 Å². The number of pyridine rings is 1. The fraction of sp³-hybridized carbons (Fsp3) is 0.211. The number of piperazine rings is 1. The molecule has 0 spiro atoms. The molecule has 0 N–H and O–H groups in total. The lowest BCUT2D eigenvalue weighted by Gasteiger charge is -2.35. The van der Waals surface area contributed by atoms with Gasteiger partial charge in [-0.15, -0.1) is 11.3 Å². The normalized spacial score (nSPS) is 13.8. The van der Waals surface area contributed by atoms with E-state index in [0.717, 1.165) is 0 Å². The molecule has 0 atom stereocenters. The number of nitro benzene ring substituents is 1. The van der Waals surface area contributed by atoms with Crippen molar-refractivity contribution in [2.45, 2.75) is 0 Å². The van der Waals surface area contributed by atoms with Crippen LogP contribution in [0.25, 0.3) is 10.6 Å². The van der Waals surface area contributed by atoms with Crippen molar-refractivity contribution in [3.8, 4) is 10.6 Å². The van der Waals surface area contributed by atoms with Crippen LogP contribution in [0.3, 0.4) is 0 Å². The van der Waals surface area contributed by atoms with E-state index in [1.54, 1.807) is 28.5 Å². The van der Waals surface area contributed by atoms with Gasteiger partial charge < -0.3 is 9.80 Å². The van der Waals surface area contributed by atoms with E-state index >= 15 is 0 Å². The molecule has 1 fully saturated rings. The lowest BCUT2D eigenvalue weighted by Crippen LogP contribution is -2.49. The third-order valence-corrected chi connectivity index (χ3v) is 5.75. The number of aromatic nitrogens is 2. The zero-order valence-electron chi connectivity index (χ0n) is 16.1. The first-order valence-corrected chi connectivity index (χ1v) is 10.2. The van der Waals surface area contributed by atoms with Crippen LogP contribution in [0.15, 0.2) is 48.0 Å². The Morgan fingerprint density at radius 3 is 2.39 bits per heavy atom. The lowest BCUT2D eigenvalue weighted by molar-refractivity contribution is -0.385. The number of hydrogen-bond donors (Lipinski definition) is 0. The van der Waals surface area contributed by atoms with Crippen molar-refractivity contribution in [1.82, 2.24) is 14.9 Å². The number of non-ortho nitro benzene ring substituents is 1. The first kappa shape index (κ1) is 20.3. The summed E-state index contributed by atoms with van der Waals surface area (Å²) in [7, 11) is 0. The minimum absolute atomic E-state index is 0.0310. The van der Waals surface area contributed by atoms with Gasteiger partial charge in [0.25, 0.3) is 17.3 Å². The van der Waals surface area contributed by atoms with E-state index in [4.69, 9.17) is 0 Å². The summed E-state index contributed by atoms with van der Waals surface area (Å²) >= 11 is 1.26. The maximum atomic E-state index is 12.8. The highest BCUT2D eigenvalue weighted by Crippen LogP contribution is 2.27. The van der Waals surface area contributed by atoms with Gasteiger partial charge in [-0.1, -0.05) is 12.1 Å². The molecule has 12 heteroatoms. The predicted octanol–water partition coefficient (Wildman–Crippen LogP) is 2.98. The molecule has 4 rings (SSSR count). The number of benzene rings is 1. The topological polar surface area (TPSA) is 136 Å². The Balaban J connectivity index is 1.41. The van der Waals surface area contributed by atoms with Crippen LogP contribution >= 0.6 is 11.3 Å². The predicted molar refractivity (Wildman–Crippen MR) is 113 cm³/mol. The summed E-state index contributed by atoms with van der Waals surface area (Å²) in [5.74, 6) is 0.420. The van der Waals surface area contributed by atoms with Crippen molar-refractivity contribution in [3.05, 3.63) is 73.9 Å². The van der Waals surface area contributed by atoms with E-state index < -0.39 is 9.85 Å². The minimum atomic E-state index is -0.497. The highest BCUT2D eigenvalue weighted by molar-refractivity contribution is 7.13. The van der Waals surface area contributed by atoms with Crippen molar-refractivity contribution in [3.63, 3.8) is 0 Å². The molecule has 0 saturated carbocycles. The Labute approximate surface area is 179 Å². The molecule has 1 aliphatic heterocycles. The summed E-state index contributed by atoms with van der Waals surface area (Å²) in [4.78, 5) is 45.7. The molecule has 31 heavy (non-hydrogen) atoms. The smallest absolute Gasteiger partial charge is 0.287 e. The van der Waals surface area contributed by atoms with Gasteiger partial charge >= 0.3 is 0 Å². The van der Waals surface area contributed by atoms with Crippen LogP contribution in [0, 0.1) is 20.2 Å². The Morgan fingerprint density at radius 2 is 1.74 bits per heavy atom. The Bertz CT molecular complexity index is 1140. The molecular weight excluding hydrogens is 424 g/mol. The van der Waals surface area contributed by atoms with Crippen LogP contribution < -0.4 is 4.90 Å². The quantitative estimate of drug-likeness (QED) is 0.436. The van der Waals surface area contributed by atoms with E-state index in [1.807, 2.05) is 4.90 Å². The first-order chi connectivity index (χ1) is 14.9. The highest BCUT2D eigenvalue weighted by atomic mass is 32.1. The molecule has 0 radical (unpaired) electrons. The summed E-state index contributed by atoms with van der Waals surface area (Å²) < 4.78 is 0. The average molecular weight is 440 g/mol. The van der Waals surface area contributed by atoms with Crippen molar-refractivity contribution < 1.29 is 14.6 Å². The number of hydrogen-bond acceptors (Lipinski definition) is 9. The summed E-state index contributed by atoms with van der Waals surface area (Å²) in [6, 6.07) is 9.15. The van der Waals surface area contributed by atoms with Gasteiger partial charge in [0.05, 0.1) is 9.85 Å². The standard InChI is InChI=1S/C19H16N6O5S/c26-19(16-12-31-18(21-16)13-2-1-3-14(10-13)24(27)28)23-8-6-22(7-9-23)17-5-4-15(11-20-17)25(29)30/h1-5,10-12H,6-9H2. The number of amides is 1. The molecule has 0 aliphatic carbocycles. The average Bonchev–Trinajstić information content (AvgIpc) is 3.29. The van der Waals surface area contributed by atoms with Gasteiger partial charge in [0, 0.05) is 55.3 Å². The molecule has 1 amide bonds. The van der Waals surface area contributed by atoms with Gasteiger partial charge in [0.2, 0.25) is 0 Å². The SMILES string of the molecule is O=C(c1csc(-c2cccc([N+](=O)[O-])c2)n1)N1CCN(c2ccc([N+](=O)[O-])cn2)CC1. The fourth-order valence-electron chi connectivity index (χ4n) is 3.23. The third kappa shape index (κ3) is 4.33. The maximum Gasteiger partial charge on any atom is 0.287 e. The first-order valence-electron chi connectivity index (χ1n) is 9.27. The molecule has 1 saturated heterocycles. The summed E-state index contributed by atoms with van der Waals surface area (Å²) in [6.45, 7) is 2.00. The molecule has 0 unspecified atom stereocenters. The zero-order valence-corrected chi connectivity index (χ0v) is 16.9. The van der Waals surface area contributed by atoms with Gasteiger partial charge in [0.1, 0.15) is 22.7 Å². The number of rotatable bonds is 5. The molecular formula is C19H16N6O5S. The van der Waals surface area contributed by atoms with E-state index in [9.17, 15) is 25.0 Å². The Kier molecular flexibility index (Phi) is 5.54. The summed E-state index contributed by atoms with van der Waals surface area (Å²) in [5.41, 5.74) is 0.790. The van der Waals surface area contributed by atoms with Crippen molar-refractivity contribution in [1.29, 1.82) is 0 Å². The highest BCUT2D eigenvalue weighted by Gasteiger charge is 2.25. The van der Waals surface area contributed by atoms with Gasteiger partial charge in [0.15, 0.2) is 0 Å². The Morgan fingerprint density at radius 1 is 1.00 bits per heavy atom. The second-order valence-electron chi connectivity index (χ2n) is 6.76. The second kappa shape index (κ2) is 8.44. The van der Waals surface area contributed by atoms with Crippen molar-refractivity contribution >= 4 is 34.4 Å². The largest absolute Gasteiger partial charge is 0.353 e. The van der Waals surface area contributed by atoms with E-state index in [2.05, 4.69) is 9.97 Å². The van der Waals surface area contributed by atoms with Gasteiger partial charge in [-0.05, 0) is 6.07 Å².